The number of nitrogens with zero attached hydrogens (tertiary/aromatic N) is 2. The van der Waals surface area contributed by atoms with E-state index in [2.05, 4.69) is 28.3 Å². The third-order valence-corrected chi connectivity index (χ3v) is 4.95. The van der Waals surface area contributed by atoms with Crippen LogP contribution in [0.2, 0.25) is 0 Å². The van der Waals surface area contributed by atoms with E-state index < -0.39 is 5.54 Å². The van der Waals surface area contributed by atoms with Gasteiger partial charge in [0.1, 0.15) is 5.75 Å². The lowest BCUT2D eigenvalue weighted by Gasteiger charge is -2.17. The molecule has 1 fully saturated rings. The van der Waals surface area contributed by atoms with E-state index in [1.807, 2.05) is 36.4 Å². The van der Waals surface area contributed by atoms with Crippen molar-refractivity contribution >= 4 is 12.4 Å². The standard InChI is InChI=1S/C21H23N3O2.ClH/c22-21(13-6-7-14-21)20-23-19(26-24-20)12-15-25-18-11-5-4-10-17(18)16-8-2-1-3-9-16;/h1-5,8-11H,6-7,12-15,22H2;1H. The Morgan fingerprint density at radius 1 is 1.00 bits per heavy atom. The van der Waals surface area contributed by atoms with Gasteiger partial charge >= 0.3 is 0 Å². The number of benzene rings is 2. The topological polar surface area (TPSA) is 74.2 Å². The molecule has 0 radical (unpaired) electrons. The van der Waals surface area contributed by atoms with Gasteiger partial charge in [0.2, 0.25) is 5.89 Å². The molecular formula is C21H24ClN3O2. The van der Waals surface area contributed by atoms with E-state index in [0.717, 1.165) is 42.6 Å². The molecule has 2 aromatic carbocycles. The van der Waals surface area contributed by atoms with Gasteiger partial charge in [-0.15, -0.1) is 12.4 Å². The second-order valence-electron chi connectivity index (χ2n) is 6.84. The summed E-state index contributed by atoms with van der Waals surface area (Å²) in [6, 6.07) is 18.3. The van der Waals surface area contributed by atoms with Gasteiger partial charge in [-0.1, -0.05) is 66.5 Å². The minimum absolute atomic E-state index is 0. The maximum atomic E-state index is 6.38. The van der Waals surface area contributed by atoms with Crippen LogP contribution in [0.4, 0.5) is 0 Å². The molecule has 6 heteroatoms. The maximum Gasteiger partial charge on any atom is 0.230 e. The average Bonchev–Trinajstić information content (AvgIpc) is 3.33. The van der Waals surface area contributed by atoms with Crippen molar-refractivity contribution in [1.82, 2.24) is 10.1 Å². The van der Waals surface area contributed by atoms with Gasteiger partial charge in [0.15, 0.2) is 5.82 Å². The van der Waals surface area contributed by atoms with Gasteiger partial charge < -0.3 is 15.0 Å². The third kappa shape index (κ3) is 4.31. The molecule has 1 aliphatic carbocycles. The number of ether oxygens (including phenoxy) is 1. The van der Waals surface area contributed by atoms with Crippen LogP contribution < -0.4 is 10.5 Å². The van der Waals surface area contributed by atoms with Crippen molar-refractivity contribution in [2.24, 2.45) is 5.73 Å². The average molecular weight is 386 g/mol. The molecule has 0 aliphatic heterocycles. The van der Waals surface area contributed by atoms with Crippen LogP contribution in [-0.4, -0.2) is 16.7 Å². The lowest BCUT2D eigenvalue weighted by atomic mass is 9.99. The Labute approximate surface area is 165 Å². The van der Waals surface area contributed by atoms with Crippen LogP contribution in [0.25, 0.3) is 11.1 Å². The number of aromatic nitrogens is 2. The van der Waals surface area contributed by atoms with Crippen LogP contribution >= 0.6 is 12.4 Å². The lowest BCUT2D eigenvalue weighted by molar-refractivity contribution is 0.290. The van der Waals surface area contributed by atoms with Gasteiger partial charge in [-0.2, -0.15) is 4.98 Å². The number of nitrogens with two attached hydrogens (primary N) is 1. The fourth-order valence-corrected chi connectivity index (χ4v) is 3.49. The Balaban J connectivity index is 0.00000210. The number of para-hydroxylation sites is 1. The Bertz CT molecular complexity index is 861. The first-order chi connectivity index (χ1) is 12.7. The third-order valence-electron chi connectivity index (χ3n) is 4.95. The van der Waals surface area contributed by atoms with E-state index in [9.17, 15) is 0 Å². The van der Waals surface area contributed by atoms with E-state index in [1.54, 1.807) is 0 Å². The van der Waals surface area contributed by atoms with Crippen molar-refractivity contribution in [2.75, 3.05) is 6.61 Å². The van der Waals surface area contributed by atoms with E-state index in [-0.39, 0.29) is 12.4 Å². The molecule has 5 nitrogen and oxygen atoms in total. The van der Waals surface area contributed by atoms with E-state index in [0.29, 0.717) is 24.7 Å². The fourth-order valence-electron chi connectivity index (χ4n) is 3.49. The van der Waals surface area contributed by atoms with E-state index in [4.69, 9.17) is 15.0 Å². The van der Waals surface area contributed by atoms with Gasteiger partial charge in [-0.3, -0.25) is 0 Å². The van der Waals surface area contributed by atoms with Crippen molar-refractivity contribution < 1.29 is 9.26 Å². The molecule has 0 unspecified atom stereocenters. The van der Waals surface area contributed by atoms with Crippen LogP contribution in [0.5, 0.6) is 5.75 Å². The fraction of sp³-hybridized carbons (Fsp3) is 0.333. The van der Waals surface area contributed by atoms with Gasteiger partial charge in [0, 0.05) is 5.56 Å². The maximum absolute atomic E-state index is 6.38. The van der Waals surface area contributed by atoms with Crippen LogP contribution in [0.1, 0.15) is 37.4 Å². The molecular weight excluding hydrogens is 362 g/mol. The molecule has 1 saturated carbocycles. The van der Waals surface area contributed by atoms with E-state index >= 15 is 0 Å². The highest BCUT2D eigenvalue weighted by molar-refractivity contribution is 5.85. The van der Waals surface area contributed by atoms with Crippen LogP contribution in [-0.2, 0) is 12.0 Å². The smallest absolute Gasteiger partial charge is 0.230 e. The first-order valence-electron chi connectivity index (χ1n) is 9.14. The Morgan fingerprint density at radius 2 is 1.70 bits per heavy atom. The van der Waals surface area contributed by atoms with Gasteiger partial charge in [0.05, 0.1) is 18.6 Å². The quantitative estimate of drug-likeness (QED) is 0.675. The zero-order chi connectivity index (χ0) is 17.8. The van der Waals surface area contributed by atoms with Crippen molar-refractivity contribution in [1.29, 1.82) is 0 Å². The highest BCUT2D eigenvalue weighted by Crippen LogP contribution is 2.34. The lowest BCUT2D eigenvalue weighted by Crippen LogP contribution is -2.34. The molecule has 142 valence electrons. The zero-order valence-corrected chi connectivity index (χ0v) is 16.0. The summed E-state index contributed by atoms with van der Waals surface area (Å²) in [5.74, 6) is 2.06. The summed E-state index contributed by atoms with van der Waals surface area (Å²) >= 11 is 0. The summed E-state index contributed by atoms with van der Waals surface area (Å²) in [5.41, 5.74) is 8.18. The minimum Gasteiger partial charge on any atom is -0.492 e. The molecule has 1 heterocycles. The Kier molecular flexibility index (Phi) is 6.14. The summed E-state index contributed by atoms with van der Waals surface area (Å²) < 4.78 is 11.4. The monoisotopic (exact) mass is 385 g/mol. The van der Waals surface area contributed by atoms with Crippen LogP contribution in [0.15, 0.2) is 59.1 Å². The highest BCUT2D eigenvalue weighted by atomic mass is 35.5. The second kappa shape index (κ2) is 8.55. The summed E-state index contributed by atoms with van der Waals surface area (Å²) in [6.45, 7) is 0.475. The SMILES string of the molecule is Cl.NC1(c2noc(CCOc3ccccc3-c3ccccc3)n2)CCCC1. The minimum atomic E-state index is -0.414. The second-order valence-corrected chi connectivity index (χ2v) is 6.84. The summed E-state index contributed by atoms with van der Waals surface area (Å²) in [7, 11) is 0. The number of rotatable bonds is 6. The first kappa shape index (κ1) is 19.4. The highest BCUT2D eigenvalue weighted by Gasteiger charge is 2.35. The molecule has 1 aromatic heterocycles. The predicted molar refractivity (Wildman–Crippen MR) is 107 cm³/mol. The number of hydrogen-bond acceptors (Lipinski definition) is 5. The first-order valence-corrected chi connectivity index (χ1v) is 9.14. The normalized spacial score (nSPS) is 15.3. The van der Waals surface area contributed by atoms with Gasteiger partial charge in [-0.25, -0.2) is 0 Å². The zero-order valence-electron chi connectivity index (χ0n) is 15.1. The predicted octanol–water partition coefficient (Wildman–Crippen LogP) is 4.51. The van der Waals surface area contributed by atoms with E-state index in [1.165, 1.54) is 0 Å². The molecule has 27 heavy (non-hydrogen) atoms. The number of hydrogen-bond donors (Lipinski definition) is 1. The van der Waals surface area contributed by atoms with Crippen molar-refractivity contribution in [3.63, 3.8) is 0 Å². The van der Waals surface area contributed by atoms with Gasteiger partial charge in [0.25, 0.3) is 0 Å². The molecule has 1 aliphatic rings. The number of halogens is 1. The molecule has 0 atom stereocenters. The summed E-state index contributed by atoms with van der Waals surface area (Å²) in [4.78, 5) is 4.49. The molecule has 0 saturated heterocycles. The molecule has 0 amide bonds. The Morgan fingerprint density at radius 3 is 2.48 bits per heavy atom. The van der Waals surface area contributed by atoms with Gasteiger partial charge in [-0.05, 0) is 24.5 Å². The largest absolute Gasteiger partial charge is 0.492 e. The summed E-state index contributed by atoms with van der Waals surface area (Å²) in [5, 5.41) is 4.09. The molecule has 0 bridgehead atoms. The van der Waals surface area contributed by atoms with Crippen molar-refractivity contribution in [3.05, 3.63) is 66.3 Å². The molecule has 3 aromatic rings. The summed E-state index contributed by atoms with van der Waals surface area (Å²) in [6.07, 6.45) is 4.66. The van der Waals surface area contributed by atoms with Crippen molar-refractivity contribution in [3.8, 4) is 16.9 Å². The molecule has 0 spiro atoms. The van der Waals surface area contributed by atoms with Crippen LogP contribution in [0.3, 0.4) is 0 Å². The van der Waals surface area contributed by atoms with Crippen LogP contribution in [0, 0.1) is 0 Å². The molecule has 2 N–H and O–H groups in total. The van der Waals surface area contributed by atoms with Crippen molar-refractivity contribution in [2.45, 2.75) is 37.6 Å². The Hall–Kier alpha value is -2.37. The molecule has 4 rings (SSSR count).